The van der Waals surface area contributed by atoms with Gasteiger partial charge in [0.1, 0.15) is 0 Å². The highest BCUT2D eigenvalue weighted by Crippen LogP contribution is 2.23. The third-order valence-electron chi connectivity index (χ3n) is 2.82. The van der Waals surface area contributed by atoms with E-state index in [9.17, 15) is 9.59 Å². The average Bonchev–Trinajstić information content (AvgIpc) is 3.10. The van der Waals surface area contributed by atoms with Crippen molar-refractivity contribution in [3.05, 3.63) is 43.2 Å². The van der Waals surface area contributed by atoms with E-state index in [1.807, 2.05) is 23.6 Å². The van der Waals surface area contributed by atoms with Gasteiger partial charge in [-0.15, -0.1) is 22.7 Å². The molecule has 4 nitrogen and oxygen atoms in total. The van der Waals surface area contributed by atoms with Crippen LogP contribution in [0.1, 0.15) is 21.0 Å². The van der Waals surface area contributed by atoms with Gasteiger partial charge in [-0.2, -0.15) is 0 Å². The number of nitrogens with one attached hydrogen (secondary N) is 1. The lowest BCUT2D eigenvalue weighted by Crippen LogP contribution is -2.31. The zero-order chi connectivity index (χ0) is 15.2. The standard InChI is InChI=1S/C14H15BrN2O2S2/c1-17(9-10-4-5-12(15)21-10)13(18)6-7-16-14(19)11-3-2-8-20-11/h2-5,8H,6-7,9H2,1H3,(H,16,19). The minimum Gasteiger partial charge on any atom is -0.351 e. The first-order valence-corrected chi connectivity index (χ1v) is 8.85. The van der Waals surface area contributed by atoms with Crippen LogP contribution in [0, 0.1) is 0 Å². The molecule has 0 radical (unpaired) electrons. The van der Waals surface area contributed by atoms with Gasteiger partial charge in [-0.1, -0.05) is 6.07 Å². The second-order valence-corrected chi connectivity index (χ2v) is 7.93. The summed E-state index contributed by atoms with van der Waals surface area (Å²) >= 11 is 6.41. The van der Waals surface area contributed by atoms with Crippen LogP contribution in [0.25, 0.3) is 0 Å². The zero-order valence-corrected chi connectivity index (χ0v) is 14.7. The summed E-state index contributed by atoms with van der Waals surface area (Å²) in [5.74, 6) is -0.103. The molecule has 2 heterocycles. The Morgan fingerprint density at radius 3 is 2.76 bits per heavy atom. The summed E-state index contributed by atoms with van der Waals surface area (Å²) in [6, 6.07) is 7.57. The van der Waals surface area contributed by atoms with Gasteiger partial charge in [0.25, 0.3) is 5.91 Å². The van der Waals surface area contributed by atoms with Gasteiger partial charge in [0.15, 0.2) is 0 Å². The number of halogens is 1. The van der Waals surface area contributed by atoms with Crippen LogP contribution in [0.2, 0.25) is 0 Å². The molecule has 1 N–H and O–H groups in total. The van der Waals surface area contributed by atoms with E-state index in [2.05, 4.69) is 21.2 Å². The second-order valence-electron chi connectivity index (χ2n) is 4.44. The van der Waals surface area contributed by atoms with E-state index in [0.717, 1.165) is 8.66 Å². The number of hydrogen-bond donors (Lipinski definition) is 1. The van der Waals surface area contributed by atoms with Crippen molar-refractivity contribution in [3.8, 4) is 0 Å². The molecule has 0 aliphatic rings. The van der Waals surface area contributed by atoms with Crippen LogP contribution in [-0.2, 0) is 11.3 Å². The van der Waals surface area contributed by atoms with Crippen LogP contribution < -0.4 is 5.32 Å². The van der Waals surface area contributed by atoms with E-state index in [1.165, 1.54) is 11.3 Å². The fourth-order valence-corrected chi connectivity index (χ4v) is 3.90. The summed E-state index contributed by atoms with van der Waals surface area (Å²) in [7, 11) is 1.77. The maximum absolute atomic E-state index is 12.0. The van der Waals surface area contributed by atoms with Gasteiger partial charge in [-0.05, 0) is 39.5 Å². The molecule has 0 spiro atoms. The molecule has 0 aliphatic carbocycles. The second kappa shape index (κ2) is 7.72. The SMILES string of the molecule is CN(Cc1ccc(Br)s1)C(=O)CCNC(=O)c1cccs1. The molecule has 112 valence electrons. The Kier molecular flexibility index (Phi) is 5.96. The minimum atomic E-state index is -0.123. The van der Waals surface area contributed by atoms with Gasteiger partial charge in [0.05, 0.1) is 15.2 Å². The van der Waals surface area contributed by atoms with Crippen LogP contribution in [0.3, 0.4) is 0 Å². The molecule has 21 heavy (non-hydrogen) atoms. The monoisotopic (exact) mass is 386 g/mol. The average molecular weight is 387 g/mol. The highest BCUT2D eigenvalue weighted by molar-refractivity contribution is 9.11. The number of hydrogen-bond acceptors (Lipinski definition) is 4. The molecule has 0 atom stereocenters. The Bertz CT molecular complexity index is 610. The molecule has 2 rings (SSSR count). The van der Waals surface area contributed by atoms with Crippen LogP contribution >= 0.6 is 38.6 Å². The van der Waals surface area contributed by atoms with Crippen LogP contribution in [0.4, 0.5) is 0 Å². The van der Waals surface area contributed by atoms with E-state index < -0.39 is 0 Å². The first kappa shape index (κ1) is 16.2. The number of thiophene rings is 2. The topological polar surface area (TPSA) is 49.4 Å². The van der Waals surface area contributed by atoms with Gasteiger partial charge < -0.3 is 10.2 Å². The van der Waals surface area contributed by atoms with Gasteiger partial charge in [-0.3, -0.25) is 9.59 Å². The van der Waals surface area contributed by atoms with Crippen molar-refractivity contribution in [1.82, 2.24) is 10.2 Å². The first-order valence-electron chi connectivity index (χ1n) is 6.36. The molecule has 0 saturated carbocycles. The maximum Gasteiger partial charge on any atom is 0.261 e. The molecule has 7 heteroatoms. The Labute approximate surface area is 139 Å². The van der Waals surface area contributed by atoms with Crippen molar-refractivity contribution in [1.29, 1.82) is 0 Å². The van der Waals surface area contributed by atoms with E-state index in [4.69, 9.17) is 0 Å². The number of nitrogens with zero attached hydrogens (tertiary/aromatic N) is 1. The molecular weight excluding hydrogens is 372 g/mol. The minimum absolute atomic E-state index is 0.0194. The lowest BCUT2D eigenvalue weighted by molar-refractivity contribution is -0.130. The highest BCUT2D eigenvalue weighted by Gasteiger charge is 2.12. The molecule has 0 bridgehead atoms. The Hall–Kier alpha value is -1.18. The molecule has 2 aromatic heterocycles. The predicted octanol–water partition coefficient (Wildman–Crippen LogP) is 3.35. The fourth-order valence-electron chi connectivity index (χ4n) is 1.73. The summed E-state index contributed by atoms with van der Waals surface area (Å²) in [4.78, 5) is 27.2. The number of amides is 2. The quantitative estimate of drug-likeness (QED) is 0.827. The normalized spacial score (nSPS) is 10.4. The lowest BCUT2D eigenvalue weighted by atomic mass is 10.3. The van der Waals surface area contributed by atoms with Crippen molar-refractivity contribution in [3.63, 3.8) is 0 Å². The summed E-state index contributed by atoms with van der Waals surface area (Å²) in [6.07, 6.45) is 0.306. The molecule has 0 aliphatic heterocycles. The maximum atomic E-state index is 12.0. The summed E-state index contributed by atoms with van der Waals surface area (Å²) in [5, 5.41) is 4.61. The molecule has 0 aromatic carbocycles. The van der Waals surface area contributed by atoms with E-state index >= 15 is 0 Å². The molecule has 2 amide bonds. The van der Waals surface area contributed by atoms with E-state index in [-0.39, 0.29) is 11.8 Å². The summed E-state index contributed by atoms with van der Waals surface area (Å²) in [6.45, 7) is 0.946. The Balaban J connectivity index is 1.72. The third kappa shape index (κ3) is 4.94. The number of carbonyl (C=O) groups excluding carboxylic acids is 2. The molecular formula is C14H15BrN2O2S2. The van der Waals surface area contributed by atoms with E-state index in [1.54, 1.807) is 29.4 Å². The van der Waals surface area contributed by atoms with Crippen LogP contribution in [-0.4, -0.2) is 30.3 Å². The highest BCUT2D eigenvalue weighted by atomic mass is 79.9. The van der Waals surface area contributed by atoms with Gasteiger partial charge >= 0.3 is 0 Å². The van der Waals surface area contributed by atoms with Gasteiger partial charge in [-0.25, -0.2) is 0 Å². The first-order chi connectivity index (χ1) is 10.1. The molecule has 0 fully saturated rings. The largest absolute Gasteiger partial charge is 0.351 e. The fraction of sp³-hybridized carbons (Fsp3) is 0.286. The van der Waals surface area contributed by atoms with Crippen molar-refractivity contribution < 1.29 is 9.59 Å². The van der Waals surface area contributed by atoms with Gasteiger partial charge in [0.2, 0.25) is 5.91 Å². The van der Waals surface area contributed by atoms with Crippen LogP contribution in [0.5, 0.6) is 0 Å². The van der Waals surface area contributed by atoms with E-state index in [0.29, 0.717) is 24.4 Å². The molecule has 0 unspecified atom stereocenters. The number of rotatable bonds is 6. The summed E-state index contributed by atoms with van der Waals surface area (Å²) in [5.41, 5.74) is 0. The predicted molar refractivity (Wildman–Crippen MR) is 89.8 cm³/mol. The molecule has 2 aromatic rings. The Morgan fingerprint density at radius 1 is 1.33 bits per heavy atom. The smallest absolute Gasteiger partial charge is 0.261 e. The molecule has 0 saturated heterocycles. The third-order valence-corrected chi connectivity index (χ3v) is 5.29. The number of carbonyl (C=O) groups is 2. The van der Waals surface area contributed by atoms with Crippen molar-refractivity contribution in [2.75, 3.05) is 13.6 Å². The lowest BCUT2D eigenvalue weighted by Gasteiger charge is -2.16. The van der Waals surface area contributed by atoms with Crippen molar-refractivity contribution in [2.24, 2.45) is 0 Å². The summed E-state index contributed by atoms with van der Waals surface area (Å²) < 4.78 is 1.06. The van der Waals surface area contributed by atoms with Gasteiger partial charge in [0, 0.05) is 24.9 Å². The Morgan fingerprint density at radius 2 is 2.14 bits per heavy atom. The zero-order valence-electron chi connectivity index (χ0n) is 11.5. The van der Waals surface area contributed by atoms with Crippen molar-refractivity contribution in [2.45, 2.75) is 13.0 Å². The van der Waals surface area contributed by atoms with Crippen LogP contribution in [0.15, 0.2) is 33.4 Å². The van der Waals surface area contributed by atoms with Crippen molar-refractivity contribution >= 4 is 50.4 Å².